The van der Waals surface area contributed by atoms with Gasteiger partial charge in [-0.2, -0.15) is 0 Å². The van der Waals surface area contributed by atoms with Crippen LogP contribution in [0.15, 0.2) is 48.5 Å². The highest BCUT2D eigenvalue weighted by Crippen LogP contribution is 2.34. The molecule has 1 aliphatic rings. The second-order valence-electron chi connectivity index (χ2n) is 7.36. The smallest absolute Gasteiger partial charge is 0.256 e. The summed E-state index contributed by atoms with van der Waals surface area (Å²) in [7, 11) is 1.64. The van der Waals surface area contributed by atoms with Gasteiger partial charge in [-0.1, -0.05) is 18.2 Å². The van der Waals surface area contributed by atoms with Gasteiger partial charge < -0.3 is 25.0 Å². The second kappa shape index (κ2) is 11.5. The van der Waals surface area contributed by atoms with Crippen LogP contribution in [0.3, 0.4) is 0 Å². The lowest BCUT2D eigenvalue weighted by atomic mass is 10.1. The SMILES string of the molecule is CCOCCCN1C(=O)c2ccccc2C1Nc1ccc(C(=O)NCCCOC)cc1. The number of ether oxygens (including phenoxy) is 2. The molecule has 0 saturated heterocycles. The summed E-state index contributed by atoms with van der Waals surface area (Å²) in [5.74, 6) is -0.0850. The fourth-order valence-corrected chi connectivity index (χ4v) is 3.63. The predicted octanol–water partition coefficient (Wildman–Crippen LogP) is 3.45. The van der Waals surface area contributed by atoms with E-state index in [1.54, 1.807) is 19.2 Å². The third-order valence-electron chi connectivity index (χ3n) is 5.21. The molecule has 0 aromatic heterocycles. The van der Waals surface area contributed by atoms with Crippen LogP contribution in [-0.2, 0) is 9.47 Å². The number of nitrogens with one attached hydrogen (secondary N) is 2. The molecule has 0 saturated carbocycles. The van der Waals surface area contributed by atoms with Gasteiger partial charge in [-0.05, 0) is 50.1 Å². The largest absolute Gasteiger partial charge is 0.385 e. The van der Waals surface area contributed by atoms with Crippen molar-refractivity contribution in [2.45, 2.75) is 25.9 Å². The fraction of sp³-hybridized carbons (Fsp3) is 0.417. The molecule has 2 N–H and O–H groups in total. The summed E-state index contributed by atoms with van der Waals surface area (Å²) in [5.41, 5.74) is 3.13. The Morgan fingerprint density at radius 1 is 1.06 bits per heavy atom. The molecule has 1 atom stereocenters. The van der Waals surface area contributed by atoms with Crippen molar-refractivity contribution in [3.63, 3.8) is 0 Å². The number of carbonyl (C=O) groups excluding carboxylic acids is 2. The number of hydrogen-bond donors (Lipinski definition) is 2. The van der Waals surface area contributed by atoms with Crippen molar-refractivity contribution < 1.29 is 19.1 Å². The third-order valence-corrected chi connectivity index (χ3v) is 5.21. The molecular formula is C24H31N3O4. The maximum Gasteiger partial charge on any atom is 0.256 e. The van der Waals surface area contributed by atoms with Crippen molar-refractivity contribution in [2.75, 3.05) is 45.3 Å². The molecule has 1 unspecified atom stereocenters. The number of fused-ring (bicyclic) bond motifs is 1. The van der Waals surface area contributed by atoms with E-state index in [0.717, 1.165) is 29.7 Å². The Morgan fingerprint density at radius 3 is 2.58 bits per heavy atom. The summed E-state index contributed by atoms with van der Waals surface area (Å²) < 4.78 is 10.4. The van der Waals surface area contributed by atoms with Crippen LogP contribution in [0.25, 0.3) is 0 Å². The maximum absolute atomic E-state index is 12.9. The van der Waals surface area contributed by atoms with E-state index in [2.05, 4.69) is 10.6 Å². The van der Waals surface area contributed by atoms with Gasteiger partial charge >= 0.3 is 0 Å². The van der Waals surface area contributed by atoms with E-state index in [1.165, 1.54) is 0 Å². The van der Waals surface area contributed by atoms with Gasteiger partial charge in [-0.15, -0.1) is 0 Å². The van der Waals surface area contributed by atoms with Gasteiger partial charge in [0.25, 0.3) is 11.8 Å². The van der Waals surface area contributed by atoms with Crippen LogP contribution < -0.4 is 10.6 Å². The van der Waals surface area contributed by atoms with E-state index in [4.69, 9.17) is 9.47 Å². The molecule has 0 bridgehead atoms. The summed E-state index contributed by atoms with van der Waals surface area (Å²) in [4.78, 5) is 27.0. The zero-order chi connectivity index (χ0) is 22.1. The highest BCUT2D eigenvalue weighted by molar-refractivity contribution is 5.99. The Kier molecular flexibility index (Phi) is 8.44. The minimum Gasteiger partial charge on any atom is -0.385 e. The molecule has 0 radical (unpaired) electrons. The first-order valence-electron chi connectivity index (χ1n) is 10.8. The van der Waals surface area contributed by atoms with Crippen molar-refractivity contribution in [1.82, 2.24) is 10.2 Å². The number of hydrogen-bond acceptors (Lipinski definition) is 5. The van der Waals surface area contributed by atoms with E-state index in [1.807, 2.05) is 48.2 Å². The molecule has 7 nitrogen and oxygen atoms in total. The molecule has 1 heterocycles. The summed E-state index contributed by atoms with van der Waals surface area (Å²) in [6, 6.07) is 15.0. The first-order valence-corrected chi connectivity index (χ1v) is 10.8. The molecule has 31 heavy (non-hydrogen) atoms. The molecule has 166 valence electrons. The average molecular weight is 426 g/mol. The van der Waals surface area contributed by atoms with Crippen LogP contribution in [0.5, 0.6) is 0 Å². The molecule has 2 amide bonds. The summed E-state index contributed by atoms with van der Waals surface area (Å²) >= 11 is 0. The molecular weight excluding hydrogens is 394 g/mol. The number of benzene rings is 2. The number of nitrogens with zero attached hydrogens (tertiary/aromatic N) is 1. The van der Waals surface area contributed by atoms with E-state index in [-0.39, 0.29) is 18.0 Å². The van der Waals surface area contributed by atoms with E-state index in [0.29, 0.717) is 38.5 Å². The molecule has 0 spiro atoms. The molecule has 7 heteroatoms. The molecule has 0 fully saturated rings. The zero-order valence-corrected chi connectivity index (χ0v) is 18.2. The third kappa shape index (κ3) is 5.83. The van der Waals surface area contributed by atoms with Gasteiger partial charge in [0.05, 0.1) is 0 Å². The van der Waals surface area contributed by atoms with E-state index < -0.39 is 0 Å². The normalized spacial score (nSPS) is 15.1. The Morgan fingerprint density at radius 2 is 1.84 bits per heavy atom. The minimum absolute atomic E-state index is 0.0247. The zero-order valence-electron chi connectivity index (χ0n) is 18.2. The highest BCUT2D eigenvalue weighted by Gasteiger charge is 2.35. The monoisotopic (exact) mass is 425 g/mol. The van der Waals surface area contributed by atoms with Crippen molar-refractivity contribution in [1.29, 1.82) is 0 Å². The quantitative estimate of drug-likeness (QED) is 0.509. The number of carbonyl (C=O) groups is 2. The first-order chi connectivity index (χ1) is 15.2. The lowest BCUT2D eigenvalue weighted by molar-refractivity contribution is 0.0708. The van der Waals surface area contributed by atoms with Crippen LogP contribution in [0.1, 0.15) is 52.2 Å². The standard InChI is InChI=1S/C24H31N3O4/c1-3-31-17-7-15-27-22(20-8-4-5-9-21(20)24(27)29)26-19-12-10-18(11-13-19)23(28)25-14-6-16-30-2/h4-5,8-13,22,26H,3,6-7,14-17H2,1-2H3,(H,25,28). The van der Waals surface area contributed by atoms with Gasteiger partial charge in [0.1, 0.15) is 6.17 Å². The number of methoxy groups -OCH3 is 1. The predicted molar refractivity (Wildman–Crippen MR) is 120 cm³/mol. The highest BCUT2D eigenvalue weighted by atomic mass is 16.5. The summed E-state index contributed by atoms with van der Waals surface area (Å²) in [6.45, 7) is 5.05. The van der Waals surface area contributed by atoms with E-state index in [9.17, 15) is 9.59 Å². The Balaban J connectivity index is 1.67. The number of amides is 2. The van der Waals surface area contributed by atoms with Gasteiger partial charge in [0.2, 0.25) is 0 Å². The maximum atomic E-state index is 12.9. The lowest BCUT2D eigenvalue weighted by Gasteiger charge is -2.27. The van der Waals surface area contributed by atoms with Crippen LogP contribution in [0.4, 0.5) is 5.69 Å². The Labute approximate surface area is 183 Å². The topological polar surface area (TPSA) is 79.9 Å². The summed E-state index contributed by atoms with van der Waals surface area (Å²) in [5, 5.41) is 6.34. The van der Waals surface area contributed by atoms with Gasteiger partial charge in [-0.3, -0.25) is 9.59 Å². The average Bonchev–Trinajstić information content (AvgIpc) is 3.06. The molecule has 3 rings (SSSR count). The van der Waals surface area contributed by atoms with Crippen LogP contribution in [-0.4, -0.2) is 56.7 Å². The van der Waals surface area contributed by atoms with Crippen molar-refractivity contribution in [3.8, 4) is 0 Å². The minimum atomic E-state index is -0.251. The molecule has 2 aromatic carbocycles. The molecule has 0 aliphatic carbocycles. The van der Waals surface area contributed by atoms with Crippen LogP contribution in [0, 0.1) is 0 Å². The number of anilines is 1. The van der Waals surface area contributed by atoms with Crippen LogP contribution >= 0.6 is 0 Å². The van der Waals surface area contributed by atoms with E-state index >= 15 is 0 Å². The van der Waals surface area contributed by atoms with Gasteiger partial charge in [-0.25, -0.2) is 0 Å². The van der Waals surface area contributed by atoms with Crippen LogP contribution in [0.2, 0.25) is 0 Å². The molecule has 1 aliphatic heterocycles. The molecule has 2 aromatic rings. The Hall–Kier alpha value is -2.90. The van der Waals surface area contributed by atoms with Crippen molar-refractivity contribution >= 4 is 17.5 Å². The first kappa shape index (κ1) is 22.8. The fourth-order valence-electron chi connectivity index (χ4n) is 3.63. The van der Waals surface area contributed by atoms with Crippen molar-refractivity contribution in [3.05, 3.63) is 65.2 Å². The Bertz CT molecular complexity index is 869. The second-order valence-corrected chi connectivity index (χ2v) is 7.36. The van der Waals surface area contributed by atoms with Gasteiger partial charge in [0, 0.05) is 62.4 Å². The lowest BCUT2D eigenvalue weighted by Crippen LogP contribution is -2.33. The number of rotatable bonds is 12. The summed E-state index contributed by atoms with van der Waals surface area (Å²) in [6.07, 6.45) is 1.29. The van der Waals surface area contributed by atoms with Gasteiger partial charge in [0.15, 0.2) is 0 Å². The van der Waals surface area contributed by atoms with Crippen molar-refractivity contribution in [2.24, 2.45) is 0 Å².